The molecule has 1 aromatic carbocycles. The molecule has 1 aromatic rings. The average molecular weight is 365 g/mol. The Kier molecular flexibility index (Phi) is 6.57. The molecule has 0 aromatic heterocycles. The Labute approximate surface area is 106 Å². The van der Waals surface area contributed by atoms with Crippen LogP contribution in [-0.2, 0) is 0 Å². The predicted molar refractivity (Wildman–Crippen MR) is 73.9 cm³/mol. The maximum absolute atomic E-state index is 2.47. The Morgan fingerprint density at radius 3 is 2.71 bits per heavy atom. The van der Waals surface area contributed by atoms with Crippen LogP contribution in [0.25, 0.3) is 6.08 Å². The first-order valence-electron chi connectivity index (χ1n) is 4.88. The van der Waals surface area contributed by atoms with Crippen LogP contribution in [0.1, 0.15) is 25.3 Å². The van der Waals surface area contributed by atoms with Crippen molar-refractivity contribution in [3.8, 4) is 0 Å². The summed E-state index contributed by atoms with van der Waals surface area (Å²) in [6, 6.07) is 10.6. The molecular weight excluding hydrogens is 350 g/mol. The first-order valence-corrected chi connectivity index (χ1v) is 8.02. The second-order valence-corrected chi connectivity index (χ2v) is 8.25. The molecule has 0 atom stereocenters. The van der Waals surface area contributed by atoms with Gasteiger partial charge in [-0.15, -0.1) is 0 Å². The van der Waals surface area contributed by atoms with Gasteiger partial charge in [-0.05, 0) is 0 Å². The van der Waals surface area contributed by atoms with Gasteiger partial charge in [0.2, 0.25) is 0 Å². The molecule has 0 radical (unpaired) electrons. The monoisotopic (exact) mass is 366 g/mol. The third kappa shape index (κ3) is 5.18. The van der Waals surface area contributed by atoms with E-state index in [1.807, 2.05) is 0 Å². The molecule has 0 fully saturated rings. The summed E-state index contributed by atoms with van der Waals surface area (Å²) in [7, 11) is 0. The SMILES string of the molecule is CCCC[Se]/C(I)=C\c1ccccc1. The van der Waals surface area contributed by atoms with Crippen LogP contribution < -0.4 is 0 Å². The van der Waals surface area contributed by atoms with Crippen molar-refractivity contribution in [3.63, 3.8) is 0 Å². The molecule has 0 saturated carbocycles. The standard InChI is InChI=1S/C12H15ISe/c1-2-3-9-14-12(13)10-11-7-5-4-6-8-11/h4-8,10H,2-3,9H2,1H3/b12-10-. The summed E-state index contributed by atoms with van der Waals surface area (Å²) in [6.45, 7) is 2.25. The van der Waals surface area contributed by atoms with Crippen LogP contribution in [0.5, 0.6) is 0 Å². The van der Waals surface area contributed by atoms with Crippen LogP contribution in [0.3, 0.4) is 0 Å². The van der Waals surface area contributed by atoms with Crippen molar-refractivity contribution in [2.24, 2.45) is 0 Å². The summed E-state index contributed by atoms with van der Waals surface area (Å²) in [5.74, 6) is 0. The quantitative estimate of drug-likeness (QED) is 0.414. The van der Waals surface area contributed by atoms with Gasteiger partial charge >= 0.3 is 107 Å². The molecule has 14 heavy (non-hydrogen) atoms. The van der Waals surface area contributed by atoms with E-state index < -0.39 is 0 Å². The van der Waals surface area contributed by atoms with E-state index in [1.165, 1.54) is 26.2 Å². The summed E-state index contributed by atoms with van der Waals surface area (Å²) in [5.41, 5.74) is 1.33. The number of benzene rings is 1. The van der Waals surface area contributed by atoms with E-state index in [9.17, 15) is 0 Å². The topological polar surface area (TPSA) is 0 Å². The summed E-state index contributed by atoms with van der Waals surface area (Å²) in [6.07, 6.45) is 4.99. The summed E-state index contributed by atoms with van der Waals surface area (Å²) < 4.78 is 1.52. The molecule has 0 aliphatic heterocycles. The summed E-state index contributed by atoms with van der Waals surface area (Å²) in [5, 5.41) is 1.38. The second-order valence-electron chi connectivity index (χ2n) is 3.06. The van der Waals surface area contributed by atoms with Crippen molar-refractivity contribution < 1.29 is 0 Å². The van der Waals surface area contributed by atoms with Crippen LogP contribution in [0.4, 0.5) is 0 Å². The molecule has 0 aliphatic rings. The van der Waals surface area contributed by atoms with Crippen LogP contribution in [0.2, 0.25) is 5.32 Å². The Morgan fingerprint density at radius 2 is 2.07 bits per heavy atom. The van der Waals surface area contributed by atoms with Crippen molar-refractivity contribution in [1.29, 1.82) is 0 Å². The Morgan fingerprint density at radius 1 is 1.36 bits per heavy atom. The minimum absolute atomic E-state index is 0.687. The number of hydrogen-bond acceptors (Lipinski definition) is 0. The fourth-order valence-corrected chi connectivity index (χ4v) is 4.32. The van der Waals surface area contributed by atoms with Gasteiger partial charge in [0.15, 0.2) is 0 Å². The van der Waals surface area contributed by atoms with E-state index >= 15 is 0 Å². The average Bonchev–Trinajstić information content (AvgIpc) is 2.20. The van der Waals surface area contributed by atoms with Gasteiger partial charge in [0.05, 0.1) is 0 Å². The van der Waals surface area contributed by atoms with Gasteiger partial charge < -0.3 is 0 Å². The summed E-state index contributed by atoms with van der Waals surface area (Å²) in [4.78, 5) is 0. The van der Waals surface area contributed by atoms with Crippen molar-refractivity contribution in [2.75, 3.05) is 0 Å². The molecule has 0 aliphatic carbocycles. The predicted octanol–water partition coefficient (Wildman–Crippen LogP) is 4.34. The van der Waals surface area contributed by atoms with E-state index in [4.69, 9.17) is 0 Å². The molecule has 0 nitrogen and oxygen atoms in total. The van der Waals surface area contributed by atoms with Gasteiger partial charge in [-0.1, -0.05) is 0 Å². The van der Waals surface area contributed by atoms with Gasteiger partial charge in [-0.2, -0.15) is 0 Å². The second kappa shape index (κ2) is 7.49. The molecule has 0 saturated heterocycles. The van der Waals surface area contributed by atoms with Crippen LogP contribution in [0.15, 0.2) is 32.8 Å². The molecule has 76 valence electrons. The normalized spacial score (nSPS) is 11.7. The van der Waals surface area contributed by atoms with Gasteiger partial charge in [-0.3, -0.25) is 0 Å². The summed E-state index contributed by atoms with van der Waals surface area (Å²) >= 11 is 3.16. The number of halogens is 1. The maximum atomic E-state index is 2.47. The van der Waals surface area contributed by atoms with Crippen molar-refractivity contribution in [2.45, 2.75) is 25.1 Å². The molecule has 2 heteroatoms. The fraction of sp³-hybridized carbons (Fsp3) is 0.333. The van der Waals surface area contributed by atoms with E-state index in [1.54, 1.807) is 0 Å². The van der Waals surface area contributed by atoms with Crippen molar-refractivity contribution in [1.82, 2.24) is 0 Å². The number of hydrogen-bond donors (Lipinski definition) is 0. The van der Waals surface area contributed by atoms with E-state index in [-0.39, 0.29) is 0 Å². The Bertz CT molecular complexity index is 280. The van der Waals surface area contributed by atoms with Crippen LogP contribution in [0, 0.1) is 0 Å². The van der Waals surface area contributed by atoms with Gasteiger partial charge in [-0.25, -0.2) is 0 Å². The third-order valence-electron chi connectivity index (χ3n) is 1.82. The van der Waals surface area contributed by atoms with Crippen molar-refractivity contribution in [3.05, 3.63) is 38.4 Å². The van der Waals surface area contributed by atoms with Crippen LogP contribution >= 0.6 is 22.6 Å². The zero-order valence-corrected chi connectivity index (χ0v) is 12.2. The molecule has 1 rings (SSSR count). The molecule has 0 bridgehead atoms. The first-order chi connectivity index (χ1) is 6.83. The molecule has 0 amide bonds. The third-order valence-corrected chi connectivity index (χ3v) is 5.61. The molecule has 0 heterocycles. The van der Waals surface area contributed by atoms with Crippen molar-refractivity contribution >= 4 is 43.6 Å². The fourth-order valence-electron chi connectivity index (χ4n) is 1.04. The number of unbranched alkanes of at least 4 members (excludes halogenated alkanes) is 1. The van der Waals surface area contributed by atoms with E-state index in [0.29, 0.717) is 15.0 Å². The first kappa shape index (κ1) is 12.3. The molecule has 0 spiro atoms. The van der Waals surface area contributed by atoms with E-state index in [0.717, 1.165) is 0 Å². The zero-order valence-electron chi connectivity index (χ0n) is 8.37. The van der Waals surface area contributed by atoms with E-state index in [2.05, 4.69) is 65.9 Å². The van der Waals surface area contributed by atoms with Crippen LogP contribution in [-0.4, -0.2) is 15.0 Å². The molecular formula is C12H15ISe. The Balaban J connectivity index is 2.43. The van der Waals surface area contributed by atoms with Gasteiger partial charge in [0.25, 0.3) is 0 Å². The molecule has 0 N–H and O–H groups in total. The minimum atomic E-state index is 0.687. The zero-order chi connectivity index (χ0) is 10.2. The van der Waals surface area contributed by atoms with Gasteiger partial charge in [0, 0.05) is 0 Å². The Hall–Kier alpha value is 0.209. The molecule has 0 unspecified atom stereocenters. The number of rotatable bonds is 5. The van der Waals surface area contributed by atoms with Gasteiger partial charge in [0.1, 0.15) is 0 Å².